The molecule has 2 heteroatoms. The van der Waals surface area contributed by atoms with E-state index in [4.69, 9.17) is 0 Å². The summed E-state index contributed by atoms with van der Waals surface area (Å²) in [6.45, 7) is 1.01. The quantitative estimate of drug-likeness (QED) is 0.680. The van der Waals surface area contributed by atoms with Crippen LogP contribution in [0.2, 0.25) is 0 Å². The van der Waals surface area contributed by atoms with Crippen LogP contribution in [0.1, 0.15) is 23.5 Å². The van der Waals surface area contributed by atoms with Crippen molar-refractivity contribution in [3.05, 3.63) is 90.5 Å². The molecule has 0 bridgehead atoms. The lowest BCUT2D eigenvalue weighted by Gasteiger charge is -2.17. The van der Waals surface area contributed by atoms with Crippen LogP contribution in [0.4, 0.5) is 0 Å². The molecule has 0 saturated heterocycles. The Morgan fingerprint density at radius 3 is 1.95 bits per heavy atom. The molecule has 2 nitrogen and oxygen atoms in total. The Labute approximate surface area is 119 Å². The predicted molar refractivity (Wildman–Crippen MR) is 80.3 cm³/mol. The van der Waals surface area contributed by atoms with E-state index in [2.05, 4.69) is 76.4 Å². The Balaban J connectivity index is 1.84. The van der Waals surface area contributed by atoms with Gasteiger partial charge in [0.1, 0.15) is 12.4 Å². The minimum absolute atomic E-state index is 0.444. The number of aromatic amines is 1. The number of aryl methyl sites for hydroxylation is 1. The first-order chi connectivity index (χ1) is 9.93. The Kier molecular flexibility index (Phi) is 3.93. The van der Waals surface area contributed by atoms with Crippen molar-refractivity contribution < 1.29 is 4.57 Å². The molecular formula is C18H19N2+. The second-order valence-electron chi connectivity index (χ2n) is 5.01. The van der Waals surface area contributed by atoms with Gasteiger partial charge in [0.25, 0.3) is 0 Å². The third-order valence-corrected chi connectivity index (χ3v) is 3.68. The van der Waals surface area contributed by atoms with Crippen LogP contribution in [-0.2, 0) is 6.54 Å². The summed E-state index contributed by atoms with van der Waals surface area (Å²) in [5.74, 6) is 0.444. The van der Waals surface area contributed by atoms with Crippen molar-refractivity contribution in [1.82, 2.24) is 4.98 Å². The fourth-order valence-corrected chi connectivity index (χ4v) is 2.63. The van der Waals surface area contributed by atoms with Crippen LogP contribution in [0, 0.1) is 0 Å². The summed E-state index contributed by atoms with van der Waals surface area (Å²) in [4.78, 5) is 3.10. The van der Waals surface area contributed by atoms with E-state index >= 15 is 0 Å². The minimum atomic E-state index is 0.444. The van der Waals surface area contributed by atoms with Gasteiger partial charge in [-0.15, -0.1) is 0 Å². The zero-order chi connectivity index (χ0) is 13.6. The highest BCUT2D eigenvalue weighted by Gasteiger charge is 2.14. The van der Waals surface area contributed by atoms with Crippen molar-refractivity contribution in [1.29, 1.82) is 0 Å². The van der Waals surface area contributed by atoms with Crippen LogP contribution in [-0.4, -0.2) is 4.98 Å². The van der Waals surface area contributed by atoms with Crippen LogP contribution in [0.3, 0.4) is 0 Å². The lowest BCUT2D eigenvalue weighted by atomic mass is 9.88. The molecule has 20 heavy (non-hydrogen) atoms. The number of hydrogen-bond donors (Lipinski definition) is 1. The maximum absolute atomic E-state index is 3.10. The topological polar surface area (TPSA) is 19.7 Å². The molecule has 1 N–H and O–H groups in total. The largest absolute Gasteiger partial charge is 0.250 e. The first-order valence-electron chi connectivity index (χ1n) is 7.05. The molecule has 0 aliphatic heterocycles. The van der Waals surface area contributed by atoms with E-state index in [1.54, 1.807) is 0 Å². The van der Waals surface area contributed by atoms with Crippen LogP contribution in [0.15, 0.2) is 79.4 Å². The molecule has 0 atom stereocenters. The van der Waals surface area contributed by atoms with Crippen molar-refractivity contribution in [2.45, 2.75) is 18.9 Å². The summed E-state index contributed by atoms with van der Waals surface area (Å²) in [5, 5.41) is 0. The second-order valence-corrected chi connectivity index (χ2v) is 5.01. The van der Waals surface area contributed by atoms with E-state index < -0.39 is 0 Å². The Bertz CT molecular complexity index is 576. The Morgan fingerprint density at radius 2 is 1.45 bits per heavy atom. The molecule has 0 saturated carbocycles. The third-order valence-electron chi connectivity index (χ3n) is 3.68. The monoisotopic (exact) mass is 263 g/mol. The number of rotatable bonds is 5. The lowest BCUT2D eigenvalue weighted by Crippen LogP contribution is -2.31. The normalized spacial score (nSPS) is 10.8. The van der Waals surface area contributed by atoms with Gasteiger partial charge in [-0.2, -0.15) is 0 Å². The first kappa shape index (κ1) is 12.7. The molecule has 1 heterocycles. The number of nitrogens with zero attached hydrogens (tertiary/aromatic N) is 1. The molecule has 0 aliphatic rings. The van der Waals surface area contributed by atoms with Gasteiger partial charge < -0.3 is 0 Å². The van der Waals surface area contributed by atoms with E-state index in [0.717, 1.165) is 13.0 Å². The fourth-order valence-electron chi connectivity index (χ4n) is 2.63. The van der Waals surface area contributed by atoms with Gasteiger partial charge in [-0.3, -0.25) is 4.98 Å². The predicted octanol–water partition coefficient (Wildman–Crippen LogP) is 3.52. The summed E-state index contributed by atoms with van der Waals surface area (Å²) in [6, 6.07) is 21.5. The summed E-state index contributed by atoms with van der Waals surface area (Å²) in [5.41, 5.74) is 2.77. The molecule has 2 aromatic carbocycles. The second kappa shape index (κ2) is 6.20. The molecule has 0 radical (unpaired) electrons. The Hall–Kier alpha value is -2.35. The molecule has 0 fully saturated rings. The van der Waals surface area contributed by atoms with Gasteiger partial charge in [-0.25, -0.2) is 4.57 Å². The van der Waals surface area contributed by atoms with Crippen molar-refractivity contribution >= 4 is 0 Å². The van der Waals surface area contributed by atoms with Crippen molar-refractivity contribution in [3.8, 4) is 0 Å². The zero-order valence-corrected chi connectivity index (χ0v) is 11.4. The highest BCUT2D eigenvalue weighted by Crippen LogP contribution is 2.27. The van der Waals surface area contributed by atoms with Crippen molar-refractivity contribution in [2.75, 3.05) is 0 Å². The van der Waals surface area contributed by atoms with Gasteiger partial charge in [0.15, 0.2) is 0 Å². The van der Waals surface area contributed by atoms with E-state index in [-0.39, 0.29) is 0 Å². The van der Waals surface area contributed by atoms with Crippen LogP contribution >= 0.6 is 0 Å². The molecule has 100 valence electrons. The van der Waals surface area contributed by atoms with Crippen molar-refractivity contribution in [2.24, 2.45) is 0 Å². The maximum Gasteiger partial charge on any atom is 0.241 e. The molecule has 3 aromatic rings. The molecule has 0 aliphatic carbocycles. The third kappa shape index (κ3) is 2.97. The minimum Gasteiger partial charge on any atom is -0.250 e. The molecule has 0 spiro atoms. The number of benzene rings is 2. The molecule has 1 aromatic heterocycles. The molecular weight excluding hydrogens is 244 g/mol. The van der Waals surface area contributed by atoms with Crippen LogP contribution < -0.4 is 4.57 Å². The number of H-pyrrole nitrogens is 1. The zero-order valence-electron chi connectivity index (χ0n) is 11.4. The average molecular weight is 263 g/mol. The highest BCUT2D eigenvalue weighted by molar-refractivity contribution is 5.31. The van der Waals surface area contributed by atoms with Crippen LogP contribution in [0.25, 0.3) is 0 Å². The summed E-state index contributed by atoms with van der Waals surface area (Å²) >= 11 is 0. The van der Waals surface area contributed by atoms with Gasteiger partial charge in [0.05, 0.1) is 6.54 Å². The number of imidazole rings is 1. The molecule has 0 unspecified atom stereocenters. The van der Waals surface area contributed by atoms with Crippen molar-refractivity contribution in [3.63, 3.8) is 0 Å². The molecule has 0 amide bonds. The smallest absolute Gasteiger partial charge is 0.241 e. The molecule has 3 rings (SSSR count). The van der Waals surface area contributed by atoms with Crippen LogP contribution in [0.5, 0.6) is 0 Å². The summed E-state index contributed by atoms with van der Waals surface area (Å²) < 4.78 is 2.19. The number of aromatic nitrogens is 2. The standard InChI is InChI=1S/C18H18N2/c1-3-7-16(8-4-1)18(17-9-5-2-6-10-17)11-13-20-14-12-19-15-20/h1-10,12,14-15,18H,11,13H2/p+1. The summed E-state index contributed by atoms with van der Waals surface area (Å²) in [6.07, 6.45) is 7.14. The number of nitrogens with one attached hydrogen (secondary N) is 1. The van der Waals surface area contributed by atoms with Gasteiger partial charge in [0.2, 0.25) is 6.33 Å². The van der Waals surface area contributed by atoms with Gasteiger partial charge >= 0.3 is 0 Å². The van der Waals surface area contributed by atoms with Gasteiger partial charge in [-0.1, -0.05) is 60.7 Å². The summed E-state index contributed by atoms with van der Waals surface area (Å²) in [7, 11) is 0. The fraction of sp³-hybridized carbons (Fsp3) is 0.167. The SMILES string of the molecule is c1ccc(C(CC[n+]2cc[nH]c2)c2ccccc2)cc1. The number of hydrogen-bond acceptors (Lipinski definition) is 0. The van der Waals surface area contributed by atoms with E-state index in [9.17, 15) is 0 Å². The average Bonchev–Trinajstić information content (AvgIpc) is 3.03. The highest BCUT2D eigenvalue weighted by atomic mass is 15.0. The lowest BCUT2D eigenvalue weighted by molar-refractivity contribution is -0.696. The first-order valence-corrected chi connectivity index (χ1v) is 7.05. The Morgan fingerprint density at radius 1 is 0.850 bits per heavy atom. The van der Waals surface area contributed by atoms with E-state index in [1.165, 1.54) is 11.1 Å². The van der Waals surface area contributed by atoms with Gasteiger partial charge in [0, 0.05) is 5.92 Å². The van der Waals surface area contributed by atoms with E-state index in [1.807, 2.05) is 12.5 Å². The maximum atomic E-state index is 3.10. The van der Waals surface area contributed by atoms with Gasteiger partial charge in [-0.05, 0) is 17.5 Å². The van der Waals surface area contributed by atoms with E-state index in [0.29, 0.717) is 5.92 Å².